The Hall–Kier alpha value is -0.0400. The third-order valence-corrected chi connectivity index (χ3v) is 8.92. The van der Waals surface area contributed by atoms with Gasteiger partial charge in [-0.15, -0.1) is 0 Å². The van der Waals surface area contributed by atoms with Gasteiger partial charge < -0.3 is 4.74 Å². The molecule has 0 aromatic rings. The van der Waals surface area contributed by atoms with Crippen LogP contribution in [0.25, 0.3) is 0 Å². The molecule has 5 aliphatic carbocycles. The van der Waals surface area contributed by atoms with Crippen molar-refractivity contribution in [1.29, 1.82) is 0 Å². The molecule has 6 aliphatic rings. The third-order valence-electron chi connectivity index (χ3n) is 8.92. The van der Waals surface area contributed by atoms with Crippen molar-refractivity contribution >= 4 is 0 Å². The molecule has 1 heterocycles. The summed E-state index contributed by atoms with van der Waals surface area (Å²) in [5, 5.41) is 0. The van der Waals surface area contributed by atoms with Crippen molar-refractivity contribution in [2.45, 2.75) is 76.4 Å². The van der Waals surface area contributed by atoms with E-state index < -0.39 is 0 Å². The highest BCUT2D eigenvalue weighted by Crippen LogP contribution is 2.67. The molecule has 116 valence electrons. The first kappa shape index (κ1) is 12.4. The van der Waals surface area contributed by atoms with Gasteiger partial charge in [-0.2, -0.15) is 0 Å². The zero-order valence-electron chi connectivity index (χ0n) is 13.3. The van der Waals surface area contributed by atoms with Crippen LogP contribution in [0.4, 0.5) is 0 Å². The number of rotatable bonds is 0. The van der Waals surface area contributed by atoms with Crippen molar-refractivity contribution < 1.29 is 4.74 Å². The molecule has 1 saturated heterocycles. The van der Waals surface area contributed by atoms with Crippen LogP contribution in [0.15, 0.2) is 0 Å². The van der Waals surface area contributed by atoms with E-state index in [1.807, 2.05) is 0 Å². The van der Waals surface area contributed by atoms with Crippen LogP contribution >= 0.6 is 0 Å². The fraction of sp³-hybridized carbons (Fsp3) is 1.00. The van der Waals surface area contributed by atoms with Crippen molar-refractivity contribution in [3.8, 4) is 0 Å². The summed E-state index contributed by atoms with van der Waals surface area (Å²) in [6.45, 7) is 0. The molecule has 0 aromatic carbocycles. The minimum absolute atomic E-state index is 0.721. The molecule has 0 aromatic heterocycles. The Morgan fingerprint density at radius 1 is 0.524 bits per heavy atom. The van der Waals surface area contributed by atoms with E-state index >= 15 is 0 Å². The molecule has 5 saturated carbocycles. The molecule has 6 rings (SSSR count). The highest BCUT2D eigenvalue weighted by atomic mass is 16.6. The van der Waals surface area contributed by atoms with Gasteiger partial charge in [0.05, 0.1) is 12.2 Å². The Morgan fingerprint density at radius 2 is 1.33 bits per heavy atom. The van der Waals surface area contributed by atoms with Gasteiger partial charge in [-0.3, -0.25) is 0 Å². The third kappa shape index (κ3) is 1.57. The molecule has 0 radical (unpaired) electrons. The molecule has 10 atom stereocenters. The van der Waals surface area contributed by atoms with Crippen LogP contribution in [0.2, 0.25) is 0 Å². The van der Waals surface area contributed by atoms with Crippen LogP contribution in [0.5, 0.6) is 0 Å². The van der Waals surface area contributed by atoms with Gasteiger partial charge in [0.15, 0.2) is 0 Å². The molecule has 21 heavy (non-hydrogen) atoms. The highest BCUT2D eigenvalue weighted by molar-refractivity contribution is 5.14. The average molecular weight is 286 g/mol. The molecule has 0 bridgehead atoms. The molecule has 0 amide bonds. The van der Waals surface area contributed by atoms with Crippen molar-refractivity contribution in [3.05, 3.63) is 0 Å². The van der Waals surface area contributed by atoms with Crippen LogP contribution in [0.1, 0.15) is 64.2 Å². The maximum atomic E-state index is 6.39. The Morgan fingerprint density at radius 3 is 2.33 bits per heavy atom. The van der Waals surface area contributed by atoms with Gasteiger partial charge >= 0.3 is 0 Å². The Kier molecular flexibility index (Phi) is 2.52. The first-order chi connectivity index (χ1) is 10.4. The Balaban J connectivity index is 1.42. The van der Waals surface area contributed by atoms with E-state index in [4.69, 9.17) is 4.74 Å². The quantitative estimate of drug-likeness (QED) is 0.590. The van der Waals surface area contributed by atoms with Gasteiger partial charge in [-0.05, 0) is 79.4 Å². The number of hydrogen-bond acceptors (Lipinski definition) is 1. The summed E-state index contributed by atoms with van der Waals surface area (Å²) < 4.78 is 6.39. The molecule has 0 spiro atoms. The van der Waals surface area contributed by atoms with Gasteiger partial charge in [0.1, 0.15) is 0 Å². The number of hydrogen-bond donors (Lipinski definition) is 0. The van der Waals surface area contributed by atoms with E-state index in [-0.39, 0.29) is 0 Å². The van der Waals surface area contributed by atoms with E-state index in [0.717, 1.165) is 59.6 Å². The smallest absolute Gasteiger partial charge is 0.0878 e. The molecule has 10 unspecified atom stereocenters. The predicted octanol–water partition coefficient (Wildman–Crippen LogP) is 4.65. The van der Waals surface area contributed by atoms with Gasteiger partial charge in [-0.1, -0.05) is 32.1 Å². The van der Waals surface area contributed by atoms with Crippen LogP contribution < -0.4 is 0 Å². The maximum Gasteiger partial charge on any atom is 0.0878 e. The van der Waals surface area contributed by atoms with Crippen molar-refractivity contribution in [2.24, 2.45) is 47.3 Å². The maximum absolute atomic E-state index is 6.39. The number of ether oxygens (including phenoxy) is 1. The van der Waals surface area contributed by atoms with Crippen molar-refractivity contribution in [1.82, 2.24) is 0 Å². The largest absolute Gasteiger partial charge is 0.369 e. The first-order valence-electron chi connectivity index (χ1n) is 10.1. The lowest BCUT2D eigenvalue weighted by Crippen LogP contribution is -2.56. The molecule has 1 aliphatic heterocycles. The molecule has 0 N–H and O–H groups in total. The zero-order valence-corrected chi connectivity index (χ0v) is 13.3. The summed E-state index contributed by atoms with van der Waals surface area (Å²) in [7, 11) is 0. The van der Waals surface area contributed by atoms with Crippen molar-refractivity contribution in [3.63, 3.8) is 0 Å². The normalized spacial score (nSPS) is 64.0. The summed E-state index contributed by atoms with van der Waals surface area (Å²) >= 11 is 0. The average Bonchev–Trinajstić information content (AvgIpc) is 3.33. The van der Waals surface area contributed by atoms with E-state index in [0.29, 0.717) is 0 Å². The summed E-state index contributed by atoms with van der Waals surface area (Å²) in [4.78, 5) is 0. The zero-order chi connectivity index (χ0) is 13.6. The van der Waals surface area contributed by atoms with Crippen LogP contribution in [-0.2, 0) is 4.74 Å². The lowest BCUT2D eigenvalue weighted by atomic mass is 9.44. The van der Waals surface area contributed by atoms with Gasteiger partial charge in [0.25, 0.3) is 0 Å². The van der Waals surface area contributed by atoms with Crippen LogP contribution in [-0.4, -0.2) is 12.2 Å². The Labute approximate surface area is 129 Å². The van der Waals surface area contributed by atoms with Gasteiger partial charge in [-0.25, -0.2) is 0 Å². The predicted molar refractivity (Wildman–Crippen MR) is 82.8 cm³/mol. The topological polar surface area (TPSA) is 12.5 Å². The summed E-state index contributed by atoms with van der Waals surface area (Å²) in [6.07, 6.45) is 16.9. The van der Waals surface area contributed by atoms with Crippen molar-refractivity contribution in [2.75, 3.05) is 0 Å². The molecule has 1 nitrogen and oxygen atoms in total. The molecule has 6 fully saturated rings. The lowest BCUT2D eigenvalue weighted by molar-refractivity contribution is -0.109. The fourth-order valence-electron chi connectivity index (χ4n) is 8.41. The second kappa shape index (κ2) is 4.28. The number of epoxide rings is 1. The summed E-state index contributed by atoms with van der Waals surface area (Å²) in [5.74, 6) is 8.52. The fourth-order valence-corrected chi connectivity index (χ4v) is 8.41. The lowest BCUT2D eigenvalue weighted by Gasteiger charge is -2.60. The monoisotopic (exact) mass is 286 g/mol. The van der Waals surface area contributed by atoms with E-state index in [9.17, 15) is 0 Å². The summed E-state index contributed by atoms with van der Waals surface area (Å²) in [5.41, 5.74) is 0. The van der Waals surface area contributed by atoms with Gasteiger partial charge in [0, 0.05) is 0 Å². The minimum Gasteiger partial charge on any atom is -0.369 e. The summed E-state index contributed by atoms with van der Waals surface area (Å²) in [6, 6.07) is 0. The van der Waals surface area contributed by atoms with E-state index in [1.54, 1.807) is 38.5 Å². The molecule has 1 heteroatoms. The van der Waals surface area contributed by atoms with E-state index in [1.165, 1.54) is 25.7 Å². The highest BCUT2D eigenvalue weighted by Gasteiger charge is 2.67. The van der Waals surface area contributed by atoms with E-state index in [2.05, 4.69) is 0 Å². The van der Waals surface area contributed by atoms with Gasteiger partial charge in [0.2, 0.25) is 0 Å². The second-order valence-electron chi connectivity index (χ2n) is 9.43. The first-order valence-corrected chi connectivity index (χ1v) is 10.1. The molecular weight excluding hydrogens is 256 g/mol. The Bertz CT molecular complexity index is 445. The molecular formula is C20H30O. The SMILES string of the molecule is C1CCC2C(C1)CC1CCC3CCCC4C5OC5C2C1C34. The minimum atomic E-state index is 0.721. The van der Waals surface area contributed by atoms with Crippen LogP contribution in [0, 0.1) is 47.3 Å². The second-order valence-corrected chi connectivity index (χ2v) is 9.43. The number of fused-ring (bicyclic) bond motifs is 5. The standard InChI is InChI=1S/C20H30O/c1-2-6-14-12(4-1)10-13-9-8-11-5-3-7-15-16(11)17(13)18(14)20-19(15)21-20/h11-20H,1-10H2. The van der Waals surface area contributed by atoms with Crippen LogP contribution in [0.3, 0.4) is 0 Å².